The summed E-state index contributed by atoms with van der Waals surface area (Å²) >= 11 is 0. The molecule has 124 valence electrons. The molecule has 0 aliphatic rings. The number of carbonyl (C=O) groups is 2. The highest BCUT2D eigenvalue weighted by molar-refractivity contribution is 6.60. The van der Waals surface area contributed by atoms with E-state index in [4.69, 9.17) is 23.1 Å². The van der Waals surface area contributed by atoms with E-state index in [1.807, 2.05) is 20.8 Å². The van der Waals surface area contributed by atoms with Gasteiger partial charge < -0.3 is 23.1 Å². The van der Waals surface area contributed by atoms with Gasteiger partial charge in [0.2, 0.25) is 0 Å². The van der Waals surface area contributed by atoms with E-state index in [2.05, 4.69) is 0 Å². The Kier molecular flexibility index (Phi) is 11.1. The monoisotopic (exact) mass is 322 g/mol. The van der Waals surface area contributed by atoms with Gasteiger partial charge in [-0.3, -0.25) is 9.59 Å². The van der Waals surface area contributed by atoms with Crippen molar-refractivity contribution in [3.8, 4) is 0 Å². The highest BCUT2D eigenvalue weighted by Crippen LogP contribution is 2.18. The van der Waals surface area contributed by atoms with Crippen LogP contribution in [-0.2, 0) is 27.6 Å². The molecule has 1 N–H and O–H groups in total. The van der Waals surface area contributed by atoms with E-state index < -0.39 is 20.7 Å². The van der Waals surface area contributed by atoms with Crippen LogP contribution in [0.15, 0.2) is 0 Å². The van der Waals surface area contributed by atoms with Crippen molar-refractivity contribution in [3.05, 3.63) is 0 Å². The second kappa shape index (κ2) is 11.7. The maximum atomic E-state index is 11.3. The van der Waals surface area contributed by atoms with E-state index >= 15 is 0 Å². The molecular formula is C13H26O7Si. The van der Waals surface area contributed by atoms with E-state index in [0.717, 1.165) is 0 Å². The van der Waals surface area contributed by atoms with Gasteiger partial charge in [0.1, 0.15) is 0 Å². The molecule has 0 aliphatic heterocycles. The molecule has 0 radical (unpaired) electrons. The smallest absolute Gasteiger partial charge is 0.481 e. The van der Waals surface area contributed by atoms with E-state index in [-0.39, 0.29) is 19.4 Å². The maximum Gasteiger partial charge on any atom is 0.501 e. The minimum Gasteiger partial charge on any atom is -0.481 e. The third kappa shape index (κ3) is 9.56. The molecule has 0 bridgehead atoms. The lowest BCUT2D eigenvalue weighted by atomic mass is 10.3. The van der Waals surface area contributed by atoms with Crippen molar-refractivity contribution in [2.45, 2.75) is 46.1 Å². The fourth-order valence-electron chi connectivity index (χ4n) is 1.76. The molecule has 0 saturated heterocycles. The standard InChI is InChI=1S/C13H26O7Si/c1-4-18-21(19-5-2,20-6-3)11-7-10-17-13(16)9-8-12(14)15/h4-11H2,1-3H3,(H,14,15). The van der Waals surface area contributed by atoms with Crippen LogP contribution in [0.3, 0.4) is 0 Å². The predicted molar refractivity (Wildman–Crippen MR) is 77.9 cm³/mol. The summed E-state index contributed by atoms with van der Waals surface area (Å²) in [5.41, 5.74) is 0. The summed E-state index contributed by atoms with van der Waals surface area (Å²) in [6.45, 7) is 7.36. The first-order valence-electron chi connectivity index (χ1n) is 7.29. The first-order chi connectivity index (χ1) is 9.99. The molecule has 0 spiro atoms. The van der Waals surface area contributed by atoms with Crippen LogP contribution in [0, 0.1) is 0 Å². The molecule has 0 atom stereocenters. The third-order valence-electron chi connectivity index (χ3n) is 2.53. The molecule has 21 heavy (non-hydrogen) atoms. The van der Waals surface area contributed by atoms with Crippen LogP contribution in [0.5, 0.6) is 0 Å². The second-order valence-corrected chi connectivity index (χ2v) is 6.93. The third-order valence-corrected chi connectivity index (χ3v) is 5.68. The van der Waals surface area contributed by atoms with Crippen molar-refractivity contribution >= 4 is 20.7 Å². The molecule has 0 aliphatic carbocycles. The summed E-state index contributed by atoms with van der Waals surface area (Å²) in [7, 11) is -2.69. The molecule has 0 rings (SSSR count). The average molecular weight is 322 g/mol. The van der Waals surface area contributed by atoms with Gasteiger partial charge in [0, 0.05) is 25.9 Å². The number of rotatable bonds is 13. The van der Waals surface area contributed by atoms with Crippen LogP contribution < -0.4 is 0 Å². The molecular weight excluding hydrogens is 296 g/mol. The van der Waals surface area contributed by atoms with Crippen molar-refractivity contribution in [1.29, 1.82) is 0 Å². The Morgan fingerprint density at radius 3 is 1.90 bits per heavy atom. The molecule has 0 unspecified atom stereocenters. The van der Waals surface area contributed by atoms with Crippen LogP contribution in [-0.4, -0.2) is 52.3 Å². The largest absolute Gasteiger partial charge is 0.501 e. The van der Waals surface area contributed by atoms with Gasteiger partial charge in [-0.15, -0.1) is 0 Å². The number of carbonyl (C=O) groups excluding carboxylic acids is 1. The van der Waals surface area contributed by atoms with Crippen molar-refractivity contribution in [3.63, 3.8) is 0 Å². The first-order valence-corrected chi connectivity index (χ1v) is 9.22. The molecule has 8 heteroatoms. The Morgan fingerprint density at radius 2 is 1.48 bits per heavy atom. The number of hydrogen-bond donors (Lipinski definition) is 1. The van der Waals surface area contributed by atoms with Crippen molar-refractivity contribution in [2.75, 3.05) is 26.4 Å². The summed E-state index contributed by atoms with van der Waals surface area (Å²) in [6.07, 6.45) is 0.236. The molecule has 0 aromatic rings. The Balaban J connectivity index is 4.11. The van der Waals surface area contributed by atoms with Crippen molar-refractivity contribution < 1.29 is 32.7 Å². The van der Waals surface area contributed by atoms with Gasteiger partial charge in [0.25, 0.3) is 0 Å². The molecule has 0 amide bonds. The van der Waals surface area contributed by atoms with E-state index in [9.17, 15) is 9.59 Å². The van der Waals surface area contributed by atoms with E-state index in [1.54, 1.807) is 0 Å². The summed E-state index contributed by atoms with van der Waals surface area (Å²) in [4.78, 5) is 21.6. The quantitative estimate of drug-likeness (QED) is 0.314. The van der Waals surface area contributed by atoms with Gasteiger partial charge in [-0.2, -0.15) is 0 Å². The number of carboxylic acids is 1. The summed E-state index contributed by atoms with van der Waals surface area (Å²) in [5, 5.41) is 8.47. The summed E-state index contributed by atoms with van der Waals surface area (Å²) in [6, 6.07) is 0.564. The molecule has 0 fully saturated rings. The minimum atomic E-state index is -2.69. The predicted octanol–water partition coefficient (Wildman–Crippen LogP) is 1.83. The Bertz CT molecular complexity index is 292. The first kappa shape index (κ1) is 20.0. The summed E-state index contributed by atoms with van der Waals surface area (Å²) in [5.74, 6) is -1.52. The van der Waals surface area contributed by atoms with Crippen LogP contribution in [0.1, 0.15) is 40.0 Å². The zero-order chi connectivity index (χ0) is 16.1. The second-order valence-electron chi connectivity index (χ2n) is 4.20. The number of aliphatic carboxylic acids is 1. The normalized spacial score (nSPS) is 11.4. The Morgan fingerprint density at radius 1 is 0.952 bits per heavy atom. The van der Waals surface area contributed by atoms with Gasteiger partial charge in [-0.25, -0.2) is 0 Å². The topological polar surface area (TPSA) is 91.3 Å². The SMILES string of the molecule is CCO[Si](CCCOC(=O)CCC(=O)O)(OCC)OCC. The van der Waals surface area contributed by atoms with Gasteiger partial charge in [-0.05, 0) is 27.2 Å². The highest BCUT2D eigenvalue weighted by atomic mass is 28.4. The molecule has 0 aromatic carbocycles. The van der Waals surface area contributed by atoms with Gasteiger partial charge in [-0.1, -0.05) is 0 Å². The van der Waals surface area contributed by atoms with Gasteiger partial charge in [0.05, 0.1) is 19.4 Å². The number of hydrogen-bond acceptors (Lipinski definition) is 6. The van der Waals surface area contributed by atoms with Gasteiger partial charge in [0.15, 0.2) is 0 Å². The Hall–Kier alpha value is -0.963. The van der Waals surface area contributed by atoms with Crippen molar-refractivity contribution in [1.82, 2.24) is 0 Å². The number of ether oxygens (including phenoxy) is 1. The van der Waals surface area contributed by atoms with Crippen molar-refractivity contribution in [2.24, 2.45) is 0 Å². The minimum absolute atomic E-state index is 0.111. The fraction of sp³-hybridized carbons (Fsp3) is 0.846. The summed E-state index contributed by atoms with van der Waals surface area (Å²) < 4.78 is 22.0. The zero-order valence-corrected chi connectivity index (χ0v) is 14.1. The average Bonchev–Trinajstić information content (AvgIpc) is 2.42. The van der Waals surface area contributed by atoms with Crippen LogP contribution in [0.2, 0.25) is 6.04 Å². The highest BCUT2D eigenvalue weighted by Gasteiger charge is 2.39. The Labute approximate surface area is 126 Å². The number of esters is 1. The van der Waals surface area contributed by atoms with E-state index in [0.29, 0.717) is 32.3 Å². The lowest BCUT2D eigenvalue weighted by molar-refractivity contribution is -0.147. The molecule has 0 heterocycles. The fourth-order valence-corrected chi connectivity index (χ4v) is 4.34. The lowest BCUT2D eigenvalue weighted by Crippen LogP contribution is -2.46. The van der Waals surface area contributed by atoms with Crippen LogP contribution >= 0.6 is 0 Å². The van der Waals surface area contributed by atoms with Gasteiger partial charge >= 0.3 is 20.7 Å². The zero-order valence-electron chi connectivity index (χ0n) is 13.1. The molecule has 7 nitrogen and oxygen atoms in total. The van der Waals surface area contributed by atoms with Crippen LogP contribution in [0.25, 0.3) is 0 Å². The molecule has 0 aromatic heterocycles. The van der Waals surface area contributed by atoms with E-state index in [1.165, 1.54) is 0 Å². The maximum absolute atomic E-state index is 11.3. The lowest BCUT2D eigenvalue weighted by Gasteiger charge is -2.28. The van der Waals surface area contributed by atoms with Crippen LogP contribution in [0.4, 0.5) is 0 Å². The molecule has 0 saturated carbocycles. The number of carboxylic acid groups (broad SMARTS) is 1.